The highest BCUT2D eigenvalue weighted by atomic mass is 19.1. The summed E-state index contributed by atoms with van der Waals surface area (Å²) in [6.45, 7) is 0.560. The van der Waals surface area contributed by atoms with Gasteiger partial charge in [0.25, 0.3) is 0 Å². The predicted octanol–water partition coefficient (Wildman–Crippen LogP) is 1.78. The van der Waals surface area contributed by atoms with Gasteiger partial charge in [-0.1, -0.05) is 0 Å². The van der Waals surface area contributed by atoms with E-state index in [1.165, 1.54) is 12.1 Å². The lowest BCUT2D eigenvalue weighted by molar-refractivity contribution is 0.628. The third kappa shape index (κ3) is 2.41. The van der Waals surface area contributed by atoms with Gasteiger partial charge >= 0.3 is 0 Å². The van der Waals surface area contributed by atoms with Crippen molar-refractivity contribution in [1.82, 2.24) is 10.2 Å². The van der Waals surface area contributed by atoms with Crippen LogP contribution >= 0.6 is 0 Å². The molecule has 0 fully saturated rings. The number of nitrogens with two attached hydrogens (primary N) is 1. The summed E-state index contributed by atoms with van der Waals surface area (Å²) in [5.74, 6) is -0.253. The van der Waals surface area contributed by atoms with Gasteiger partial charge in [0.1, 0.15) is 5.82 Å². The summed E-state index contributed by atoms with van der Waals surface area (Å²) < 4.78 is 12.7. The minimum absolute atomic E-state index is 0.253. The SMILES string of the molecule is NCCc1ccc(-c2ccc(F)cc2)nn1. The van der Waals surface area contributed by atoms with Crippen molar-refractivity contribution in [2.45, 2.75) is 6.42 Å². The van der Waals surface area contributed by atoms with Crippen LogP contribution in [0.25, 0.3) is 11.3 Å². The Hall–Kier alpha value is -1.81. The van der Waals surface area contributed by atoms with Crippen molar-refractivity contribution in [2.24, 2.45) is 5.73 Å². The Balaban J connectivity index is 2.24. The first-order valence-corrected chi connectivity index (χ1v) is 5.08. The van der Waals surface area contributed by atoms with Gasteiger partial charge < -0.3 is 5.73 Å². The predicted molar refractivity (Wildman–Crippen MR) is 60.2 cm³/mol. The van der Waals surface area contributed by atoms with Gasteiger partial charge in [0.05, 0.1) is 11.4 Å². The Labute approximate surface area is 93.1 Å². The van der Waals surface area contributed by atoms with Crippen molar-refractivity contribution >= 4 is 0 Å². The minimum Gasteiger partial charge on any atom is -0.330 e. The molecule has 1 heterocycles. The van der Waals surface area contributed by atoms with Gasteiger partial charge in [-0.2, -0.15) is 10.2 Å². The maximum atomic E-state index is 12.7. The van der Waals surface area contributed by atoms with Crippen LogP contribution in [-0.2, 0) is 6.42 Å². The van der Waals surface area contributed by atoms with Gasteiger partial charge in [0.15, 0.2) is 0 Å². The smallest absolute Gasteiger partial charge is 0.123 e. The molecule has 82 valence electrons. The number of halogens is 1. The number of hydrogen-bond donors (Lipinski definition) is 1. The van der Waals surface area contributed by atoms with Crippen molar-refractivity contribution in [2.75, 3.05) is 6.54 Å². The monoisotopic (exact) mass is 217 g/mol. The minimum atomic E-state index is -0.253. The Bertz CT molecular complexity index is 451. The van der Waals surface area contributed by atoms with Crippen molar-refractivity contribution in [3.05, 3.63) is 47.9 Å². The lowest BCUT2D eigenvalue weighted by Gasteiger charge is -2.01. The van der Waals surface area contributed by atoms with E-state index in [-0.39, 0.29) is 5.82 Å². The van der Waals surface area contributed by atoms with E-state index in [9.17, 15) is 4.39 Å². The van der Waals surface area contributed by atoms with Gasteiger partial charge in [-0.05, 0) is 42.9 Å². The quantitative estimate of drug-likeness (QED) is 0.852. The molecule has 2 N–H and O–H groups in total. The van der Waals surface area contributed by atoms with E-state index >= 15 is 0 Å². The number of aromatic nitrogens is 2. The molecule has 0 radical (unpaired) electrons. The summed E-state index contributed by atoms with van der Waals surface area (Å²) >= 11 is 0. The molecular weight excluding hydrogens is 205 g/mol. The van der Waals surface area contributed by atoms with Crippen LogP contribution in [-0.4, -0.2) is 16.7 Å². The van der Waals surface area contributed by atoms with E-state index in [1.807, 2.05) is 12.1 Å². The van der Waals surface area contributed by atoms with Gasteiger partial charge in [0, 0.05) is 12.0 Å². The van der Waals surface area contributed by atoms with Crippen molar-refractivity contribution in [3.63, 3.8) is 0 Å². The summed E-state index contributed by atoms with van der Waals surface area (Å²) in [7, 11) is 0. The molecule has 0 aliphatic heterocycles. The molecule has 0 amide bonds. The number of hydrogen-bond acceptors (Lipinski definition) is 3. The maximum absolute atomic E-state index is 12.7. The molecule has 1 aromatic carbocycles. The number of rotatable bonds is 3. The Kier molecular flexibility index (Phi) is 3.22. The van der Waals surface area contributed by atoms with E-state index in [1.54, 1.807) is 12.1 Å². The van der Waals surface area contributed by atoms with Gasteiger partial charge in [-0.15, -0.1) is 0 Å². The molecule has 2 aromatic rings. The Morgan fingerprint density at radius 3 is 2.31 bits per heavy atom. The zero-order valence-electron chi connectivity index (χ0n) is 8.73. The molecule has 0 saturated heterocycles. The largest absolute Gasteiger partial charge is 0.330 e. The fourth-order valence-corrected chi connectivity index (χ4v) is 1.42. The standard InChI is InChI=1S/C12H12FN3/c13-10-3-1-9(2-4-10)12-6-5-11(7-8-14)15-16-12/h1-6H,7-8,14H2. The van der Waals surface area contributed by atoms with Crippen molar-refractivity contribution in [3.8, 4) is 11.3 Å². The molecule has 16 heavy (non-hydrogen) atoms. The summed E-state index contributed by atoms with van der Waals surface area (Å²) in [5, 5.41) is 8.11. The van der Waals surface area contributed by atoms with Gasteiger partial charge in [-0.25, -0.2) is 4.39 Å². The van der Waals surface area contributed by atoms with Crippen LogP contribution in [0.1, 0.15) is 5.69 Å². The van der Waals surface area contributed by atoms with Crippen LogP contribution in [0.15, 0.2) is 36.4 Å². The maximum Gasteiger partial charge on any atom is 0.123 e. The molecule has 0 bridgehead atoms. The topological polar surface area (TPSA) is 51.8 Å². The lowest BCUT2D eigenvalue weighted by atomic mass is 10.1. The summed E-state index contributed by atoms with van der Waals surface area (Å²) in [6.07, 6.45) is 0.719. The molecule has 4 heteroatoms. The second-order valence-corrected chi connectivity index (χ2v) is 3.46. The van der Waals surface area contributed by atoms with Crippen molar-refractivity contribution < 1.29 is 4.39 Å². The molecular formula is C12H12FN3. The van der Waals surface area contributed by atoms with E-state index in [0.717, 1.165) is 23.4 Å². The van der Waals surface area contributed by atoms with Gasteiger partial charge in [-0.3, -0.25) is 0 Å². The van der Waals surface area contributed by atoms with Crippen LogP contribution in [0.4, 0.5) is 4.39 Å². The number of benzene rings is 1. The van der Waals surface area contributed by atoms with E-state index in [0.29, 0.717) is 6.54 Å². The first-order chi connectivity index (χ1) is 7.79. The van der Waals surface area contributed by atoms with E-state index in [4.69, 9.17) is 5.73 Å². The molecule has 2 rings (SSSR count). The highest BCUT2D eigenvalue weighted by molar-refractivity contribution is 5.58. The highest BCUT2D eigenvalue weighted by Gasteiger charge is 2.00. The highest BCUT2D eigenvalue weighted by Crippen LogP contribution is 2.16. The molecule has 0 saturated carbocycles. The molecule has 0 aliphatic rings. The molecule has 0 aliphatic carbocycles. The first kappa shape index (κ1) is 10.7. The van der Waals surface area contributed by atoms with E-state index in [2.05, 4.69) is 10.2 Å². The average molecular weight is 217 g/mol. The first-order valence-electron chi connectivity index (χ1n) is 5.08. The van der Waals surface area contributed by atoms with Crippen LogP contribution in [0, 0.1) is 5.82 Å². The zero-order chi connectivity index (χ0) is 11.4. The normalized spacial score (nSPS) is 10.4. The third-order valence-corrected chi connectivity index (χ3v) is 2.26. The molecule has 0 unspecified atom stereocenters. The lowest BCUT2D eigenvalue weighted by Crippen LogP contribution is -2.05. The van der Waals surface area contributed by atoms with Gasteiger partial charge in [0.2, 0.25) is 0 Å². The zero-order valence-corrected chi connectivity index (χ0v) is 8.73. The summed E-state index contributed by atoms with van der Waals surface area (Å²) in [5.41, 5.74) is 7.88. The second kappa shape index (κ2) is 4.81. The van der Waals surface area contributed by atoms with Crippen LogP contribution in [0.3, 0.4) is 0 Å². The Morgan fingerprint density at radius 2 is 1.75 bits per heavy atom. The van der Waals surface area contributed by atoms with Crippen LogP contribution in [0.5, 0.6) is 0 Å². The second-order valence-electron chi connectivity index (χ2n) is 3.46. The average Bonchev–Trinajstić information content (AvgIpc) is 2.32. The Morgan fingerprint density at radius 1 is 1.00 bits per heavy atom. The summed E-state index contributed by atoms with van der Waals surface area (Å²) in [4.78, 5) is 0. The molecule has 0 spiro atoms. The molecule has 3 nitrogen and oxygen atoms in total. The molecule has 1 aromatic heterocycles. The number of nitrogens with zero attached hydrogens (tertiary/aromatic N) is 2. The molecule has 0 atom stereocenters. The third-order valence-electron chi connectivity index (χ3n) is 2.26. The fraction of sp³-hybridized carbons (Fsp3) is 0.167. The fourth-order valence-electron chi connectivity index (χ4n) is 1.42. The van der Waals surface area contributed by atoms with Crippen molar-refractivity contribution in [1.29, 1.82) is 0 Å². The van der Waals surface area contributed by atoms with Crippen LogP contribution < -0.4 is 5.73 Å². The van der Waals surface area contributed by atoms with Crippen LogP contribution in [0.2, 0.25) is 0 Å². The van der Waals surface area contributed by atoms with E-state index < -0.39 is 0 Å². The summed E-state index contributed by atoms with van der Waals surface area (Å²) in [6, 6.07) is 9.93.